The summed E-state index contributed by atoms with van der Waals surface area (Å²) >= 11 is 1.39. The van der Waals surface area contributed by atoms with Gasteiger partial charge in [-0.1, -0.05) is 11.3 Å². The fourth-order valence-corrected chi connectivity index (χ4v) is 4.29. The first-order valence-electron chi connectivity index (χ1n) is 9.77. The van der Waals surface area contributed by atoms with E-state index in [1.807, 2.05) is 32.9 Å². The number of hydrogen-bond donors (Lipinski definition) is 1. The van der Waals surface area contributed by atoms with E-state index in [9.17, 15) is 9.59 Å². The van der Waals surface area contributed by atoms with Gasteiger partial charge < -0.3 is 24.4 Å². The second-order valence-corrected chi connectivity index (χ2v) is 9.27. The number of carbonyl (C=O) groups excluding carboxylic acids is 2. The zero-order valence-corrected chi connectivity index (χ0v) is 17.6. The highest BCUT2D eigenvalue weighted by Gasteiger charge is 2.31. The largest absolute Gasteiger partial charge is 0.486 e. The number of fused-ring (bicyclic) bond motifs is 2. The summed E-state index contributed by atoms with van der Waals surface area (Å²) in [5.74, 6) is 0.954. The fraction of sp³-hybridized carbons (Fsp3) is 0.550. The van der Waals surface area contributed by atoms with Gasteiger partial charge >= 0.3 is 6.09 Å². The molecule has 3 heterocycles. The van der Waals surface area contributed by atoms with Crippen LogP contribution in [0.15, 0.2) is 12.1 Å². The molecule has 0 unspecified atom stereocenters. The van der Waals surface area contributed by atoms with Crippen LogP contribution in [0.4, 0.5) is 9.93 Å². The first kappa shape index (κ1) is 19.8. The van der Waals surface area contributed by atoms with Crippen molar-refractivity contribution in [2.45, 2.75) is 39.2 Å². The maximum absolute atomic E-state index is 12.8. The summed E-state index contributed by atoms with van der Waals surface area (Å²) in [6, 6.07) is 3.73. The summed E-state index contributed by atoms with van der Waals surface area (Å²) in [6.07, 6.45) is 1.12. The molecule has 0 spiro atoms. The van der Waals surface area contributed by atoms with Crippen LogP contribution in [0.25, 0.3) is 10.2 Å². The Bertz CT molecular complexity index is 893. The van der Waals surface area contributed by atoms with E-state index < -0.39 is 5.60 Å². The van der Waals surface area contributed by atoms with Crippen LogP contribution < -0.4 is 14.8 Å². The van der Waals surface area contributed by atoms with Gasteiger partial charge in [0.25, 0.3) is 0 Å². The number of rotatable bonds is 2. The van der Waals surface area contributed by atoms with Gasteiger partial charge in [0.15, 0.2) is 16.6 Å². The van der Waals surface area contributed by atoms with Crippen molar-refractivity contribution in [3.63, 3.8) is 0 Å². The quantitative estimate of drug-likeness (QED) is 0.799. The van der Waals surface area contributed by atoms with Gasteiger partial charge in [-0.15, -0.1) is 0 Å². The maximum atomic E-state index is 12.8. The van der Waals surface area contributed by atoms with Gasteiger partial charge in [-0.2, -0.15) is 0 Å². The third-order valence-corrected chi connectivity index (χ3v) is 5.66. The van der Waals surface area contributed by atoms with Crippen molar-refractivity contribution >= 4 is 38.7 Å². The molecule has 1 aromatic heterocycles. The molecular weight excluding hydrogens is 394 g/mol. The van der Waals surface area contributed by atoms with E-state index in [2.05, 4.69) is 10.3 Å². The van der Waals surface area contributed by atoms with Gasteiger partial charge in [0, 0.05) is 25.2 Å². The van der Waals surface area contributed by atoms with Crippen molar-refractivity contribution in [1.29, 1.82) is 0 Å². The number of piperidine rings is 1. The first-order chi connectivity index (χ1) is 13.8. The van der Waals surface area contributed by atoms with E-state index in [1.165, 1.54) is 11.3 Å². The van der Waals surface area contributed by atoms with Gasteiger partial charge in [0.1, 0.15) is 18.8 Å². The highest BCUT2D eigenvalue weighted by Crippen LogP contribution is 2.38. The van der Waals surface area contributed by atoms with Crippen LogP contribution in [0, 0.1) is 5.92 Å². The molecule has 0 saturated carbocycles. The normalized spacial score (nSPS) is 19.1. The number of nitrogens with zero attached hydrogens (tertiary/aromatic N) is 2. The van der Waals surface area contributed by atoms with Crippen LogP contribution in [-0.2, 0) is 9.53 Å². The maximum Gasteiger partial charge on any atom is 0.410 e. The van der Waals surface area contributed by atoms with E-state index in [0.717, 1.165) is 23.1 Å². The average molecular weight is 420 g/mol. The number of nitrogens with one attached hydrogen (secondary N) is 1. The van der Waals surface area contributed by atoms with Crippen molar-refractivity contribution < 1.29 is 23.8 Å². The summed E-state index contributed by atoms with van der Waals surface area (Å²) in [4.78, 5) is 31.2. The molecular formula is C20H25N3O5S. The van der Waals surface area contributed by atoms with Gasteiger partial charge in [-0.25, -0.2) is 9.78 Å². The van der Waals surface area contributed by atoms with Crippen molar-refractivity contribution in [3.8, 4) is 11.5 Å². The minimum absolute atomic E-state index is 0.130. The third-order valence-electron chi connectivity index (χ3n) is 4.73. The molecule has 1 aromatic carbocycles. The number of amides is 2. The highest BCUT2D eigenvalue weighted by molar-refractivity contribution is 7.22. The third kappa shape index (κ3) is 4.55. The smallest absolute Gasteiger partial charge is 0.410 e. The van der Waals surface area contributed by atoms with E-state index in [0.29, 0.717) is 42.9 Å². The zero-order chi connectivity index (χ0) is 20.6. The van der Waals surface area contributed by atoms with Gasteiger partial charge in [-0.3, -0.25) is 4.79 Å². The molecule has 1 saturated heterocycles. The molecule has 29 heavy (non-hydrogen) atoms. The van der Waals surface area contributed by atoms with Crippen LogP contribution in [0.3, 0.4) is 0 Å². The molecule has 2 aromatic rings. The molecule has 0 bridgehead atoms. The molecule has 1 atom stereocenters. The Labute approximate surface area is 173 Å². The number of likely N-dealkylation sites (tertiary alicyclic amines) is 1. The predicted octanol–water partition coefficient (Wildman–Crippen LogP) is 3.65. The summed E-state index contributed by atoms with van der Waals surface area (Å²) in [5, 5.41) is 3.44. The molecule has 2 aliphatic heterocycles. The molecule has 4 rings (SSSR count). The number of thiazole rings is 1. The monoisotopic (exact) mass is 419 g/mol. The van der Waals surface area contributed by atoms with Gasteiger partial charge in [0.2, 0.25) is 5.91 Å². The summed E-state index contributed by atoms with van der Waals surface area (Å²) in [5.41, 5.74) is 0.202. The number of benzene rings is 1. The van der Waals surface area contributed by atoms with Crippen LogP contribution in [0.5, 0.6) is 11.5 Å². The Morgan fingerprint density at radius 3 is 2.69 bits per heavy atom. The van der Waals surface area contributed by atoms with Gasteiger partial charge in [0.05, 0.1) is 16.1 Å². The molecule has 9 heteroatoms. The van der Waals surface area contributed by atoms with Crippen LogP contribution in [0.1, 0.15) is 33.6 Å². The van der Waals surface area contributed by atoms with Crippen molar-refractivity contribution in [3.05, 3.63) is 12.1 Å². The predicted molar refractivity (Wildman–Crippen MR) is 110 cm³/mol. The number of ether oxygens (including phenoxy) is 3. The van der Waals surface area contributed by atoms with Crippen molar-refractivity contribution in [2.24, 2.45) is 5.92 Å². The minimum atomic E-state index is -0.556. The van der Waals surface area contributed by atoms with E-state index in [4.69, 9.17) is 14.2 Å². The van der Waals surface area contributed by atoms with Crippen LogP contribution in [-0.4, -0.2) is 53.8 Å². The summed E-state index contributed by atoms with van der Waals surface area (Å²) in [7, 11) is 0. The van der Waals surface area contributed by atoms with E-state index in [-0.39, 0.29) is 17.9 Å². The lowest BCUT2D eigenvalue weighted by Gasteiger charge is -2.33. The lowest BCUT2D eigenvalue weighted by molar-refractivity contribution is -0.121. The minimum Gasteiger partial charge on any atom is -0.486 e. The number of aromatic nitrogens is 1. The molecule has 2 aliphatic rings. The molecule has 156 valence electrons. The topological polar surface area (TPSA) is 90.0 Å². The van der Waals surface area contributed by atoms with Crippen molar-refractivity contribution in [1.82, 2.24) is 9.88 Å². The molecule has 0 radical (unpaired) electrons. The summed E-state index contributed by atoms with van der Waals surface area (Å²) in [6.45, 7) is 7.49. The first-order valence-corrected chi connectivity index (χ1v) is 10.6. The average Bonchev–Trinajstić information content (AvgIpc) is 3.05. The Morgan fingerprint density at radius 2 is 1.97 bits per heavy atom. The lowest BCUT2D eigenvalue weighted by atomic mass is 9.97. The molecule has 0 aliphatic carbocycles. The fourth-order valence-electron chi connectivity index (χ4n) is 3.41. The Morgan fingerprint density at radius 1 is 1.24 bits per heavy atom. The number of carbonyl (C=O) groups is 2. The number of hydrogen-bond acceptors (Lipinski definition) is 7. The molecule has 1 fully saturated rings. The van der Waals surface area contributed by atoms with E-state index >= 15 is 0 Å². The highest BCUT2D eigenvalue weighted by atomic mass is 32.1. The Hall–Kier alpha value is -2.55. The van der Waals surface area contributed by atoms with Crippen LogP contribution in [0.2, 0.25) is 0 Å². The lowest BCUT2D eigenvalue weighted by Crippen LogP contribution is -2.45. The zero-order valence-electron chi connectivity index (χ0n) is 16.8. The second-order valence-electron chi connectivity index (χ2n) is 8.24. The molecule has 1 N–H and O–H groups in total. The van der Waals surface area contributed by atoms with E-state index in [1.54, 1.807) is 4.90 Å². The second kappa shape index (κ2) is 7.70. The number of anilines is 1. The summed E-state index contributed by atoms with van der Waals surface area (Å²) < 4.78 is 17.5. The van der Waals surface area contributed by atoms with Crippen LogP contribution >= 0.6 is 11.3 Å². The Balaban J connectivity index is 1.42. The SMILES string of the molecule is CC(C)(C)OC(=O)N1CCC[C@H](C(=O)Nc2nc3cc4c(cc3s2)OCCO4)C1. The molecule has 8 nitrogen and oxygen atoms in total. The van der Waals surface area contributed by atoms with Gasteiger partial charge in [-0.05, 0) is 33.6 Å². The Kier molecular flexibility index (Phi) is 5.24. The van der Waals surface area contributed by atoms with Crippen molar-refractivity contribution in [2.75, 3.05) is 31.6 Å². The standard InChI is InChI=1S/C20H25N3O5S/c1-20(2,3)28-19(25)23-6-4-5-12(11-23)17(24)22-18-21-13-9-14-15(10-16(13)29-18)27-8-7-26-14/h9-10,12H,4-8,11H2,1-3H3,(H,21,22,24)/t12-/m0/s1. The molecule has 2 amide bonds.